The molecule has 3 N–H and O–H groups in total. The van der Waals surface area contributed by atoms with Crippen LogP contribution in [0.5, 0.6) is 5.75 Å². The van der Waals surface area contributed by atoms with Gasteiger partial charge in [-0.15, -0.1) is 6.42 Å². The first-order chi connectivity index (χ1) is 15.4. The van der Waals surface area contributed by atoms with Crippen LogP contribution in [0.3, 0.4) is 0 Å². The number of thioether (sulfide) groups is 1. The van der Waals surface area contributed by atoms with Gasteiger partial charge in [0.2, 0.25) is 5.95 Å². The Morgan fingerprint density at radius 3 is 2.84 bits per heavy atom. The van der Waals surface area contributed by atoms with Gasteiger partial charge in [-0.25, -0.2) is 24.3 Å². The number of halogens is 2. The molecule has 0 aliphatic rings. The van der Waals surface area contributed by atoms with Gasteiger partial charge in [-0.2, -0.15) is 4.39 Å². The second-order valence-electron chi connectivity index (χ2n) is 6.98. The number of pyridine rings is 2. The van der Waals surface area contributed by atoms with Crippen molar-refractivity contribution in [2.75, 3.05) is 25.6 Å². The molecule has 0 fully saturated rings. The molecule has 166 valence electrons. The summed E-state index contributed by atoms with van der Waals surface area (Å²) < 4.78 is 32.5. The summed E-state index contributed by atoms with van der Waals surface area (Å²) >= 11 is 1.05. The molecule has 8 nitrogen and oxygen atoms in total. The second kappa shape index (κ2) is 10.2. The third kappa shape index (κ3) is 5.59. The molecule has 0 unspecified atom stereocenters. The van der Waals surface area contributed by atoms with Crippen LogP contribution in [0.2, 0.25) is 0 Å². The molecule has 0 bridgehead atoms. The molecule has 0 aliphatic heterocycles. The molecule has 32 heavy (non-hydrogen) atoms. The Hall–Kier alpha value is -3.52. The summed E-state index contributed by atoms with van der Waals surface area (Å²) in [5, 5.41) is 3.29. The highest BCUT2D eigenvalue weighted by molar-refractivity contribution is 8.15. The van der Waals surface area contributed by atoms with Gasteiger partial charge in [0.25, 0.3) is 0 Å². The van der Waals surface area contributed by atoms with Crippen molar-refractivity contribution in [2.45, 2.75) is 18.1 Å². The lowest BCUT2D eigenvalue weighted by Gasteiger charge is -2.25. The van der Waals surface area contributed by atoms with Crippen LogP contribution in [0.25, 0.3) is 11.0 Å². The largest absolute Gasteiger partial charge is 0.479 e. The lowest BCUT2D eigenvalue weighted by molar-refractivity contribution is 0.369. The standard InChI is InChI=1S/C21H21F2N7OS/c1-4-5-31-15-7-16-17(26-10-15)19(29-12-28-16)30-14-6-13(18(23)27-9-14)8-21(2,11-22)32-20(24)25-3/h1,6-7,9-10,12H,5,8,11H2,2-3H3,(H2,24,25)(H,28,29,30)/t21-/m1/s1. The monoisotopic (exact) mass is 457 g/mol. The summed E-state index contributed by atoms with van der Waals surface area (Å²) in [6.07, 6.45) is 9.44. The number of hydrogen-bond donors (Lipinski definition) is 2. The number of rotatable bonds is 8. The molecule has 11 heteroatoms. The average molecular weight is 458 g/mol. The van der Waals surface area contributed by atoms with Gasteiger partial charge in [0.1, 0.15) is 30.9 Å². The van der Waals surface area contributed by atoms with Crippen LogP contribution in [0, 0.1) is 18.3 Å². The highest BCUT2D eigenvalue weighted by Gasteiger charge is 2.29. The molecule has 0 amide bonds. The Labute approximate surface area is 188 Å². The fourth-order valence-electron chi connectivity index (χ4n) is 2.86. The minimum absolute atomic E-state index is 0.0530. The van der Waals surface area contributed by atoms with Gasteiger partial charge in [-0.05, 0) is 19.4 Å². The van der Waals surface area contributed by atoms with Gasteiger partial charge >= 0.3 is 0 Å². The van der Waals surface area contributed by atoms with Crippen LogP contribution in [0.15, 0.2) is 35.8 Å². The Kier molecular flexibility index (Phi) is 7.37. The summed E-state index contributed by atoms with van der Waals surface area (Å²) in [7, 11) is 1.51. The van der Waals surface area contributed by atoms with Gasteiger partial charge in [-0.3, -0.25) is 4.99 Å². The van der Waals surface area contributed by atoms with E-state index in [1.165, 1.54) is 25.8 Å². The van der Waals surface area contributed by atoms with Gasteiger partial charge < -0.3 is 15.8 Å². The molecule has 0 aliphatic carbocycles. The maximum absolute atomic E-state index is 14.4. The molecular weight excluding hydrogens is 436 g/mol. The van der Waals surface area contributed by atoms with E-state index in [4.69, 9.17) is 16.9 Å². The molecule has 0 aromatic carbocycles. The summed E-state index contributed by atoms with van der Waals surface area (Å²) in [6.45, 7) is 1.03. The van der Waals surface area contributed by atoms with Crippen molar-refractivity contribution in [3.8, 4) is 18.1 Å². The summed E-state index contributed by atoms with van der Waals surface area (Å²) in [4.78, 5) is 20.4. The Morgan fingerprint density at radius 1 is 1.31 bits per heavy atom. The zero-order valence-corrected chi connectivity index (χ0v) is 18.3. The molecule has 3 aromatic rings. The zero-order chi connectivity index (χ0) is 23.1. The predicted molar refractivity (Wildman–Crippen MR) is 122 cm³/mol. The van der Waals surface area contributed by atoms with E-state index in [0.717, 1.165) is 11.8 Å². The number of nitrogens with one attached hydrogen (secondary N) is 1. The first-order valence-corrected chi connectivity index (χ1v) is 10.2. The number of fused-ring (bicyclic) bond motifs is 1. The van der Waals surface area contributed by atoms with E-state index in [9.17, 15) is 8.78 Å². The number of ether oxygens (including phenoxy) is 1. The number of hydrogen-bond acceptors (Lipinski definition) is 8. The van der Waals surface area contributed by atoms with Gasteiger partial charge in [0, 0.05) is 18.7 Å². The normalized spacial score (nSPS) is 13.4. The number of nitrogens with zero attached hydrogens (tertiary/aromatic N) is 5. The first kappa shape index (κ1) is 23.1. The summed E-state index contributed by atoms with van der Waals surface area (Å²) in [5.41, 5.74) is 7.42. The lowest BCUT2D eigenvalue weighted by Crippen LogP contribution is -2.30. The van der Waals surface area contributed by atoms with Crippen LogP contribution in [-0.2, 0) is 6.42 Å². The van der Waals surface area contributed by atoms with Gasteiger partial charge in [0.15, 0.2) is 11.0 Å². The quantitative estimate of drug-likeness (QED) is 0.230. The molecule has 3 rings (SSSR count). The molecule has 0 saturated carbocycles. The maximum atomic E-state index is 14.4. The van der Waals surface area contributed by atoms with Gasteiger partial charge in [-0.1, -0.05) is 17.7 Å². The van der Waals surface area contributed by atoms with E-state index < -0.39 is 17.4 Å². The molecule has 0 radical (unpaired) electrons. The third-order valence-corrected chi connectivity index (χ3v) is 5.50. The van der Waals surface area contributed by atoms with E-state index in [0.29, 0.717) is 28.3 Å². The van der Waals surface area contributed by atoms with E-state index >= 15 is 0 Å². The smallest absolute Gasteiger partial charge is 0.216 e. The van der Waals surface area contributed by atoms with Crippen LogP contribution in [0.4, 0.5) is 20.3 Å². The summed E-state index contributed by atoms with van der Waals surface area (Å²) in [5.74, 6) is 2.56. The Morgan fingerprint density at radius 2 is 2.12 bits per heavy atom. The van der Waals surface area contributed by atoms with Crippen molar-refractivity contribution in [1.29, 1.82) is 0 Å². The first-order valence-electron chi connectivity index (χ1n) is 9.43. The number of terminal acetylenes is 1. The lowest BCUT2D eigenvalue weighted by atomic mass is 10.0. The fraction of sp³-hybridized carbons (Fsp3) is 0.286. The van der Waals surface area contributed by atoms with Crippen molar-refractivity contribution >= 4 is 39.5 Å². The Bertz CT molecular complexity index is 1180. The van der Waals surface area contributed by atoms with Crippen molar-refractivity contribution in [2.24, 2.45) is 10.7 Å². The average Bonchev–Trinajstić information content (AvgIpc) is 2.79. The maximum Gasteiger partial charge on any atom is 0.216 e. The SMILES string of the molecule is C#CCOc1cnc2c(Nc3cnc(F)c(C[C@](C)(CF)S/C(N)=N\C)c3)ncnc2c1. The number of aliphatic imine (C=N–C) groups is 1. The van der Waals surface area contributed by atoms with Crippen LogP contribution in [0.1, 0.15) is 12.5 Å². The number of amidine groups is 1. The van der Waals surface area contributed by atoms with Crippen molar-refractivity contribution in [3.05, 3.63) is 42.4 Å². The number of aromatic nitrogens is 4. The third-order valence-electron chi connectivity index (χ3n) is 4.37. The minimum Gasteiger partial charge on any atom is -0.479 e. The van der Waals surface area contributed by atoms with Crippen LogP contribution < -0.4 is 15.8 Å². The number of alkyl halides is 1. The van der Waals surface area contributed by atoms with Crippen molar-refractivity contribution in [1.82, 2.24) is 19.9 Å². The van der Waals surface area contributed by atoms with E-state index in [1.807, 2.05) is 0 Å². The molecular formula is C21H21F2N7OS. The predicted octanol–water partition coefficient (Wildman–Crippen LogP) is 3.26. The van der Waals surface area contributed by atoms with Gasteiger partial charge in [0.05, 0.1) is 28.3 Å². The number of nitrogens with two attached hydrogens (primary N) is 1. The summed E-state index contributed by atoms with van der Waals surface area (Å²) in [6, 6.07) is 3.24. The number of anilines is 2. The Balaban J connectivity index is 1.87. The zero-order valence-electron chi connectivity index (χ0n) is 17.5. The molecule has 0 spiro atoms. The van der Waals surface area contributed by atoms with Crippen molar-refractivity contribution in [3.63, 3.8) is 0 Å². The second-order valence-corrected chi connectivity index (χ2v) is 8.58. The van der Waals surface area contributed by atoms with E-state index in [1.54, 1.807) is 19.1 Å². The molecule has 1 atom stereocenters. The van der Waals surface area contributed by atoms with E-state index in [-0.39, 0.29) is 23.8 Å². The highest BCUT2D eigenvalue weighted by atomic mass is 32.2. The molecule has 3 aromatic heterocycles. The minimum atomic E-state index is -0.997. The van der Waals surface area contributed by atoms with Crippen LogP contribution >= 0.6 is 11.8 Å². The molecule has 3 heterocycles. The van der Waals surface area contributed by atoms with Crippen LogP contribution in [-0.4, -0.2) is 50.2 Å². The molecule has 0 saturated heterocycles. The topological polar surface area (TPSA) is 111 Å². The fourth-order valence-corrected chi connectivity index (χ4v) is 3.73. The highest BCUT2D eigenvalue weighted by Crippen LogP contribution is 2.32. The van der Waals surface area contributed by atoms with Crippen molar-refractivity contribution < 1.29 is 13.5 Å². The van der Waals surface area contributed by atoms with E-state index in [2.05, 4.69) is 36.2 Å².